The van der Waals surface area contributed by atoms with Crippen LogP contribution in [0.15, 0.2) is 23.1 Å². The molecule has 0 unspecified atom stereocenters. The maximum atomic E-state index is 12.3. The zero-order valence-electron chi connectivity index (χ0n) is 11.3. The molecule has 7 heteroatoms. The standard InChI is InChI=1S/C12H19N3O3S/c1-9-8-10(13)4-5-11(9)19(17,18)15(3)7-6-12(16)14-2/h4-5,8H,6-7,13H2,1-3H3,(H,14,16). The fourth-order valence-electron chi connectivity index (χ4n) is 1.63. The molecule has 0 bridgehead atoms. The van der Waals surface area contributed by atoms with Gasteiger partial charge in [-0.25, -0.2) is 12.7 Å². The van der Waals surface area contributed by atoms with Crippen molar-refractivity contribution >= 4 is 21.6 Å². The Hall–Kier alpha value is -1.60. The van der Waals surface area contributed by atoms with Crippen molar-refractivity contribution in [2.24, 2.45) is 0 Å². The van der Waals surface area contributed by atoms with Gasteiger partial charge in [0.1, 0.15) is 0 Å². The minimum absolute atomic E-state index is 0.125. The number of sulfonamides is 1. The molecule has 3 N–H and O–H groups in total. The van der Waals surface area contributed by atoms with Crippen LogP contribution in [0.2, 0.25) is 0 Å². The van der Waals surface area contributed by atoms with Crippen LogP contribution in [0.25, 0.3) is 0 Å². The molecule has 0 heterocycles. The molecule has 1 rings (SSSR count). The highest BCUT2D eigenvalue weighted by Crippen LogP contribution is 2.21. The molecule has 0 saturated carbocycles. The Balaban J connectivity index is 2.94. The Kier molecular flexibility index (Phi) is 4.90. The Bertz CT molecular complexity index is 570. The van der Waals surface area contributed by atoms with Crippen molar-refractivity contribution in [2.45, 2.75) is 18.2 Å². The van der Waals surface area contributed by atoms with Gasteiger partial charge in [-0.1, -0.05) is 0 Å². The number of nitrogens with two attached hydrogens (primary N) is 1. The van der Waals surface area contributed by atoms with E-state index in [-0.39, 0.29) is 23.8 Å². The van der Waals surface area contributed by atoms with Gasteiger partial charge in [0.25, 0.3) is 0 Å². The summed E-state index contributed by atoms with van der Waals surface area (Å²) in [6.07, 6.45) is 0.125. The molecule has 1 aromatic carbocycles. The Morgan fingerprint density at radius 2 is 2.05 bits per heavy atom. The number of nitrogen functional groups attached to an aromatic ring is 1. The molecule has 0 aromatic heterocycles. The van der Waals surface area contributed by atoms with E-state index in [0.29, 0.717) is 11.3 Å². The lowest BCUT2D eigenvalue weighted by Gasteiger charge is -2.18. The van der Waals surface area contributed by atoms with E-state index in [2.05, 4.69) is 5.32 Å². The summed E-state index contributed by atoms with van der Waals surface area (Å²) in [5.41, 5.74) is 6.71. The summed E-state index contributed by atoms with van der Waals surface area (Å²) in [6.45, 7) is 1.82. The van der Waals surface area contributed by atoms with Crippen LogP contribution < -0.4 is 11.1 Å². The van der Waals surface area contributed by atoms with Crippen molar-refractivity contribution in [3.63, 3.8) is 0 Å². The summed E-state index contributed by atoms with van der Waals surface area (Å²) >= 11 is 0. The minimum atomic E-state index is -3.59. The highest BCUT2D eigenvalue weighted by molar-refractivity contribution is 7.89. The zero-order chi connectivity index (χ0) is 14.6. The third-order valence-corrected chi connectivity index (χ3v) is 4.84. The van der Waals surface area contributed by atoms with E-state index in [9.17, 15) is 13.2 Å². The van der Waals surface area contributed by atoms with Crippen LogP contribution in [0.1, 0.15) is 12.0 Å². The van der Waals surface area contributed by atoms with Gasteiger partial charge in [0.15, 0.2) is 0 Å². The van der Waals surface area contributed by atoms with Crippen molar-refractivity contribution in [1.29, 1.82) is 0 Å². The SMILES string of the molecule is CNC(=O)CCN(C)S(=O)(=O)c1ccc(N)cc1C. The molecule has 1 aromatic rings. The Labute approximate surface area is 113 Å². The number of carbonyl (C=O) groups excluding carboxylic acids is 1. The number of nitrogens with zero attached hydrogens (tertiary/aromatic N) is 1. The van der Waals surface area contributed by atoms with Gasteiger partial charge in [-0.05, 0) is 30.7 Å². The van der Waals surface area contributed by atoms with E-state index >= 15 is 0 Å². The molecular weight excluding hydrogens is 266 g/mol. The van der Waals surface area contributed by atoms with Crippen LogP contribution in [-0.2, 0) is 14.8 Å². The molecule has 1 amide bonds. The van der Waals surface area contributed by atoms with Gasteiger partial charge >= 0.3 is 0 Å². The van der Waals surface area contributed by atoms with Crippen LogP contribution in [0.5, 0.6) is 0 Å². The van der Waals surface area contributed by atoms with Gasteiger partial charge < -0.3 is 11.1 Å². The van der Waals surface area contributed by atoms with Crippen LogP contribution in [0, 0.1) is 6.92 Å². The lowest BCUT2D eigenvalue weighted by molar-refractivity contribution is -0.120. The highest BCUT2D eigenvalue weighted by Gasteiger charge is 2.22. The van der Waals surface area contributed by atoms with Crippen molar-refractivity contribution < 1.29 is 13.2 Å². The third kappa shape index (κ3) is 3.68. The van der Waals surface area contributed by atoms with E-state index in [4.69, 9.17) is 5.73 Å². The molecule has 106 valence electrons. The van der Waals surface area contributed by atoms with Gasteiger partial charge in [0.2, 0.25) is 15.9 Å². The molecule has 6 nitrogen and oxygen atoms in total. The largest absolute Gasteiger partial charge is 0.399 e. The number of rotatable bonds is 5. The van der Waals surface area contributed by atoms with Crippen molar-refractivity contribution in [3.8, 4) is 0 Å². The molecule has 0 spiro atoms. The number of amides is 1. The Morgan fingerprint density at radius 1 is 1.42 bits per heavy atom. The monoisotopic (exact) mass is 285 g/mol. The molecule has 0 fully saturated rings. The normalized spacial score (nSPS) is 11.6. The number of nitrogens with one attached hydrogen (secondary N) is 1. The first kappa shape index (κ1) is 15.5. The second-order valence-electron chi connectivity index (χ2n) is 4.27. The quantitative estimate of drug-likeness (QED) is 0.763. The molecular formula is C12H19N3O3S. The minimum Gasteiger partial charge on any atom is -0.399 e. The number of carbonyl (C=O) groups is 1. The number of benzene rings is 1. The third-order valence-electron chi connectivity index (χ3n) is 2.82. The zero-order valence-corrected chi connectivity index (χ0v) is 12.1. The molecule has 19 heavy (non-hydrogen) atoms. The molecule has 0 aliphatic rings. The number of anilines is 1. The maximum Gasteiger partial charge on any atom is 0.243 e. The van der Waals surface area contributed by atoms with E-state index in [1.54, 1.807) is 19.1 Å². The van der Waals surface area contributed by atoms with Crippen molar-refractivity contribution in [1.82, 2.24) is 9.62 Å². The van der Waals surface area contributed by atoms with Crippen LogP contribution in [0.3, 0.4) is 0 Å². The maximum absolute atomic E-state index is 12.3. The number of aryl methyl sites for hydroxylation is 1. The van der Waals surface area contributed by atoms with E-state index in [0.717, 1.165) is 0 Å². The topological polar surface area (TPSA) is 92.5 Å². The molecule has 0 atom stereocenters. The van der Waals surface area contributed by atoms with Gasteiger partial charge in [0.05, 0.1) is 4.90 Å². The summed E-state index contributed by atoms with van der Waals surface area (Å²) in [5.74, 6) is -0.198. The summed E-state index contributed by atoms with van der Waals surface area (Å²) in [6, 6.07) is 4.64. The van der Waals surface area contributed by atoms with Gasteiger partial charge in [-0.2, -0.15) is 0 Å². The van der Waals surface area contributed by atoms with E-state index in [1.807, 2.05) is 0 Å². The first-order valence-corrected chi connectivity index (χ1v) is 7.26. The summed E-state index contributed by atoms with van der Waals surface area (Å²) < 4.78 is 25.8. The number of hydrogen-bond acceptors (Lipinski definition) is 4. The van der Waals surface area contributed by atoms with Gasteiger partial charge in [-0.15, -0.1) is 0 Å². The van der Waals surface area contributed by atoms with Crippen molar-refractivity contribution in [3.05, 3.63) is 23.8 Å². The van der Waals surface area contributed by atoms with Gasteiger partial charge in [-0.3, -0.25) is 4.79 Å². The second kappa shape index (κ2) is 6.03. The summed E-state index contributed by atoms with van der Waals surface area (Å²) in [7, 11) is -0.625. The van der Waals surface area contributed by atoms with Crippen LogP contribution in [-0.4, -0.2) is 39.3 Å². The molecule has 0 radical (unpaired) electrons. The van der Waals surface area contributed by atoms with Crippen molar-refractivity contribution in [2.75, 3.05) is 26.4 Å². The predicted molar refractivity (Wildman–Crippen MR) is 74.1 cm³/mol. The summed E-state index contributed by atoms with van der Waals surface area (Å²) in [5, 5.41) is 2.45. The van der Waals surface area contributed by atoms with Crippen LogP contribution >= 0.6 is 0 Å². The first-order valence-electron chi connectivity index (χ1n) is 5.82. The van der Waals surface area contributed by atoms with Crippen LogP contribution in [0.4, 0.5) is 5.69 Å². The van der Waals surface area contributed by atoms with E-state index < -0.39 is 10.0 Å². The van der Waals surface area contributed by atoms with Gasteiger partial charge in [0, 0.05) is 32.7 Å². The number of hydrogen-bond donors (Lipinski definition) is 2. The summed E-state index contributed by atoms with van der Waals surface area (Å²) in [4.78, 5) is 11.4. The predicted octanol–water partition coefficient (Wildman–Crippen LogP) is 0.334. The second-order valence-corrected chi connectivity index (χ2v) is 6.29. The lowest BCUT2D eigenvalue weighted by Crippen LogP contribution is -2.31. The fourth-order valence-corrected chi connectivity index (χ4v) is 3.01. The molecule has 0 aliphatic carbocycles. The lowest BCUT2D eigenvalue weighted by atomic mass is 10.2. The molecule has 0 saturated heterocycles. The Morgan fingerprint density at radius 3 is 2.58 bits per heavy atom. The first-order chi connectivity index (χ1) is 8.78. The average molecular weight is 285 g/mol. The fraction of sp³-hybridized carbons (Fsp3) is 0.417. The highest BCUT2D eigenvalue weighted by atomic mass is 32.2. The average Bonchev–Trinajstić information content (AvgIpc) is 2.34. The van der Waals surface area contributed by atoms with E-state index in [1.165, 1.54) is 24.5 Å². The smallest absolute Gasteiger partial charge is 0.243 e. The molecule has 0 aliphatic heterocycles.